The van der Waals surface area contributed by atoms with E-state index in [1.807, 2.05) is 70.2 Å². The summed E-state index contributed by atoms with van der Waals surface area (Å²) < 4.78 is 22.8. The Balaban J connectivity index is 1.81. The van der Waals surface area contributed by atoms with Crippen molar-refractivity contribution in [3.05, 3.63) is 77.1 Å². The van der Waals surface area contributed by atoms with E-state index in [0.29, 0.717) is 22.8 Å². The highest BCUT2D eigenvalue weighted by molar-refractivity contribution is 6.06. The number of amides is 1. The largest absolute Gasteiger partial charge is 0.497 e. The minimum Gasteiger partial charge on any atom is -0.497 e. The standard InChI is InChI=1S/C30H31NO5/c1-17-9-8-10-26(19(17)3)31-28(32)13-18(2)22-15-24-25(16-36-30(24)20(4)29(22)35-7)23-14-21(33-5)11-12-27(23)34-6/h8-16H,1-7H3,(H,31,32)/b18-13+. The molecule has 0 aliphatic heterocycles. The molecule has 1 heterocycles. The fourth-order valence-electron chi connectivity index (χ4n) is 4.43. The van der Waals surface area contributed by atoms with Crippen LogP contribution in [0.4, 0.5) is 5.69 Å². The number of nitrogens with one attached hydrogen (secondary N) is 1. The van der Waals surface area contributed by atoms with E-state index in [4.69, 9.17) is 18.6 Å². The summed E-state index contributed by atoms with van der Waals surface area (Å²) in [6.45, 7) is 7.87. The van der Waals surface area contributed by atoms with E-state index in [1.165, 1.54) is 0 Å². The second-order valence-corrected chi connectivity index (χ2v) is 8.74. The monoisotopic (exact) mass is 485 g/mol. The van der Waals surface area contributed by atoms with Crippen LogP contribution in [0.15, 0.2) is 59.2 Å². The first-order chi connectivity index (χ1) is 17.3. The van der Waals surface area contributed by atoms with Crippen molar-refractivity contribution in [1.29, 1.82) is 0 Å². The molecule has 1 N–H and O–H groups in total. The smallest absolute Gasteiger partial charge is 0.248 e. The van der Waals surface area contributed by atoms with Gasteiger partial charge in [-0.05, 0) is 74.7 Å². The van der Waals surface area contributed by atoms with Crippen molar-refractivity contribution >= 4 is 28.1 Å². The van der Waals surface area contributed by atoms with E-state index in [-0.39, 0.29) is 5.91 Å². The number of aryl methyl sites for hydroxylation is 2. The van der Waals surface area contributed by atoms with Crippen LogP contribution in [0, 0.1) is 20.8 Å². The summed E-state index contributed by atoms with van der Waals surface area (Å²) in [4.78, 5) is 12.9. The van der Waals surface area contributed by atoms with Gasteiger partial charge in [0.05, 0.1) is 27.6 Å². The Morgan fingerprint density at radius 2 is 1.69 bits per heavy atom. The molecule has 6 heteroatoms. The van der Waals surface area contributed by atoms with Crippen LogP contribution in [0.2, 0.25) is 0 Å². The van der Waals surface area contributed by atoms with Gasteiger partial charge in [-0.1, -0.05) is 12.1 Å². The SMILES string of the molecule is COc1ccc(OC)c(-c2coc3c(C)c(OC)c(/C(C)=C/C(=O)Nc4cccc(C)c4C)cc23)c1. The van der Waals surface area contributed by atoms with E-state index in [9.17, 15) is 4.79 Å². The van der Waals surface area contributed by atoms with Crippen molar-refractivity contribution in [2.45, 2.75) is 27.7 Å². The summed E-state index contributed by atoms with van der Waals surface area (Å²) in [5.41, 5.74) is 7.81. The zero-order chi connectivity index (χ0) is 26.0. The zero-order valence-electron chi connectivity index (χ0n) is 21.7. The molecular formula is C30H31NO5. The highest BCUT2D eigenvalue weighted by atomic mass is 16.5. The third kappa shape index (κ3) is 4.54. The van der Waals surface area contributed by atoms with Gasteiger partial charge >= 0.3 is 0 Å². The summed E-state index contributed by atoms with van der Waals surface area (Å²) in [5.74, 6) is 1.87. The molecule has 6 nitrogen and oxygen atoms in total. The first kappa shape index (κ1) is 24.9. The Labute approximate surface area is 211 Å². The average molecular weight is 486 g/mol. The van der Waals surface area contributed by atoms with Gasteiger partial charge in [-0.2, -0.15) is 0 Å². The van der Waals surface area contributed by atoms with Crippen LogP contribution in [-0.2, 0) is 4.79 Å². The predicted octanol–water partition coefficient (Wildman–Crippen LogP) is 7.09. The van der Waals surface area contributed by atoms with Crippen LogP contribution in [0.1, 0.15) is 29.2 Å². The molecule has 1 amide bonds. The molecule has 1 aromatic heterocycles. The summed E-state index contributed by atoms with van der Waals surface area (Å²) in [6, 6.07) is 13.5. The molecule has 0 fully saturated rings. The summed E-state index contributed by atoms with van der Waals surface area (Å²) in [7, 11) is 4.88. The Hall–Kier alpha value is -4.19. The number of rotatable bonds is 7. The fraction of sp³-hybridized carbons (Fsp3) is 0.233. The molecule has 4 aromatic rings. The van der Waals surface area contributed by atoms with Gasteiger partial charge in [0.15, 0.2) is 0 Å². The van der Waals surface area contributed by atoms with Crippen LogP contribution in [-0.4, -0.2) is 27.2 Å². The number of carbonyl (C=O) groups is 1. The van der Waals surface area contributed by atoms with Gasteiger partial charge in [-0.15, -0.1) is 0 Å². The zero-order valence-corrected chi connectivity index (χ0v) is 21.7. The minimum atomic E-state index is -0.206. The Morgan fingerprint density at radius 1 is 0.917 bits per heavy atom. The molecule has 36 heavy (non-hydrogen) atoms. The number of fused-ring (bicyclic) bond motifs is 1. The molecule has 0 aliphatic rings. The molecule has 0 unspecified atom stereocenters. The van der Waals surface area contributed by atoms with Gasteiger partial charge < -0.3 is 23.9 Å². The van der Waals surface area contributed by atoms with Gasteiger partial charge in [0.2, 0.25) is 5.91 Å². The molecule has 0 radical (unpaired) electrons. The lowest BCUT2D eigenvalue weighted by Crippen LogP contribution is -2.10. The number of anilines is 1. The van der Waals surface area contributed by atoms with Gasteiger partial charge in [-0.3, -0.25) is 4.79 Å². The Kier molecular flexibility index (Phi) is 7.06. The van der Waals surface area contributed by atoms with Crippen molar-refractivity contribution in [1.82, 2.24) is 0 Å². The second kappa shape index (κ2) is 10.2. The Bertz CT molecular complexity index is 1480. The maximum atomic E-state index is 12.9. The molecule has 0 saturated heterocycles. The third-order valence-corrected chi connectivity index (χ3v) is 6.58. The van der Waals surface area contributed by atoms with Crippen LogP contribution >= 0.6 is 0 Å². The quantitative estimate of drug-likeness (QED) is 0.283. The molecule has 0 bridgehead atoms. The third-order valence-electron chi connectivity index (χ3n) is 6.58. The molecule has 186 valence electrons. The topological polar surface area (TPSA) is 69.9 Å². The molecule has 0 saturated carbocycles. The van der Waals surface area contributed by atoms with Crippen molar-refractivity contribution in [3.63, 3.8) is 0 Å². The number of hydrogen-bond donors (Lipinski definition) is 1. The van der Waals surface area contributed by atoms with E-state index in [2.05, 4.69) is 5.32 Å². The number of methoxy groups -OCH3 is 3. The van der Waals surface area contributed by atoms with Gasteiger partial charge in [-0.25, -0.2) is 0 Å². The maximum absolute atomic E-state index is 12.9. The van der Waals surface area contributed by atoms with Crippen LogP contribution < -0.4 is 19.5 Å². The molecule has 0 spiro atoms. The van der Waals surface area contributed by atoms with Crippen LogP contribution in [0.5, 0.6) is 17.2 Å². The lowest BCUT2D eigenvalue weighted by Gasteiger charge is -2.14. The highest BCUT2D eigenvalue weighted by Crippen LogP contribution is 2.43. The molecule has 3 aromatic carbocycles. The van der Waals surface area contributed by atoms with Crippen LogP contribution in [0.3, 0.4) is 0 Å². The molecule has 0 aliphatic carbocycles. The second-order valence-electron chi connectivity index (χ2n) is 8.74. The van der Waals surface area contributed by atoms with Crippen molar-refractivity contribution in [3.8, 4) is 28.4 Å². The van der Waals surface area contributed by atoms with Crippen LogP contribution in [0.25, 0.3) is 27.7 Å². The summed E-state index contributed by atoms with van der Waals surface area (Å²) >= 11 is 0. The fourth-order valence-corrected chi connectivity index (χ4v) is 4.43. The highest BCUT2D eigenvalue weighted by Gasteiger charge is 2.21. The predicted molar refractivity (Wildman–Crippen MR) is 144 cm³/mol. The first-order valence-electron chi connectivity index (χ1n) is 11.7. The van der Waals surface area contributed by atoms with Crippen molar-refractivity contribution in [2.24, 2.45) is 0 Å². The Morgan fingerprint density at radius 3 is 2.39 bits per heavy atom. The minimum absolute atomic E-state index is 0.206. The normalized spacial score (nSPS) is 11.5. The average Bonchev–Trinajstić information content (AvgIpc) is 3.30. The molecular weight excluding hydrogens is 454 g/mol. The van der Waals surface area contributed by atoms with E-state index < -0.39 is 0 Å². The van der Waals surface area contributed by atoms with E-state index in [1.54, 1.807) is 33.7 Å². The number of benzene rings is 3. The number of furan rings is 1. The van der Waals surface area contributed by atoms with Gasteiger partial charge in [0, 0.05) is 39.4 Å². The molecule has 0 atom stereocenters. The van der Waals surface area contributed by atoms with Gasteiger partial charge in [0.25, 0.3) is 0 Å². The first-order valence-corrected chi connectivity index (χ1v) is 11.7. The number of allylic oxidation sites excluding steroid dienone is 1. The maximum Gasteiger partial charge on any atom is 0.248 e. The lowest BCUT2D eigenvalue weighted by atomic mass is 9.96. The molecule has 4 rings (SSSR count). The van der Waals surface area contributed by atoms with E-state index in [0.717, 1.165) is 50.0 Å². The number of ether oxygens (including phenoxy) is 3. The van der Waals surface area contributed by atoms with Crippen molar-refractivity contribution in [2.75, 3.05) is 26.6 Å². The number of hydrogen-bond acceptors (Lipinski definition) is 5. The summed E-state index contributed by atoms with van der Waals surface area (Å²) in [5, 5.41) is 3.88. The van der Waals surface area contributed by atoms with E-state index >= 15 is 0 Å². The lowest BCUT2D eigenvalue weighted by molar-refractivity contribution is -0.111. The summed E-state index contributed by atoms with van der Waals surface area (Å²) in [6.07, 6.45) is 3.31. The number of carbonyl (C=O) groups excluding carboxylic acids is 1. The van der Waals surface area contributed by atoms with Gasteiger partial charge in [0.1, 0.15) is 22.8 Å². The van der Waals surface area contributed by atoms with Crippen molar-refractivity contribution < 1.29 is 23.4 Å².